The van der Waals surface area contributed by atoms with Crippen molar-refractivity contribution in [3.63, 3.8) is 0 Å². The minimum Gasteiger partial charge on any atom is -0.370 e. The number of nitrogens with two attached hydrogens (primary N) is 3. The fraction of sp³-hybridized carbons (Fsp3) is 0.400. The van der Waals surface area contributed by atoms with Crippen LogP contribution in [-0.2, 0) is 32.0 Å². The van der Waals surface area contributed by atoms with Gasteiger partial charge in [0.05, 0.1) is 12.1 Å². The van der Waals surface area contributed by atoms with Crippen LogP contribution in [0, 0.1) is 5.92 Å². The highest BCUT2D eigenvalue weighted by Crippen LogP contribution is 2.09. The third-order valence-corrected chi connectivity index (χ3v) is 6.78. The van der Waals surface area contributed by atoms with Crippen LogP contribution in [0.4, 0.5) is 0 Å². The second kappa shape index (κ2) is 17.6. The zero-order valence-corrected chi connectivity index (χ0v) is 24.8. The Morgan fingerprint density at radius 1 is 0.881 bits per heavy atom. The molecule has 0 aliphatic carbocycles. The number of nitrogens with one attached hydrogen (secondary N) is 3. The molecule has 12 heteroatoms. The van der Waals surface area contributed by atoms with Gasteiger partial charge in [0.25, 0.3) is 0 Å². The van der Waals surface area contributed by atoms with E-state index >= 15 is 0 Å². The monoisotopic (exact) mass is 595 g/mol. The first-order valence-electron chi connectivity index (χ1n) is 13.8. The van der Waals surface area contributed by atoms with E-state index in [1.807, 2.05) is 60.7 Å². The average Bonchev–Trinajstić information content (AvgIpc) is 2.97. The number of carbonyl (C=O) groups excluding carboxylic acids is 4. The van der Waals surface area contributed by atoms with Crippen LogP contribution in [0.5, 0.6) is 0 Å². The van der Waals surface area contributed by atoms with Crippen LogP contribution in [-0.4, -0.2) is 65.5 Å². The second-order valence-electron chi connectivity index (χ2n) is 10.3. The van der Waals surface area contributed by atoms with E-state index in [4.69, 9.17) is 29.4 Å². The molecule has 11 nitrogen and oxygen atoms in total. The van der Waals surface area contributed by atoms with Gasteiger partial charge < -0.3 is 37.9 Å². The Kier molecular flexibility index (Phi) is 14.3. The van der Waals surface area contributed by atoms with Crippen LogP contribution in [0.2, 0.25) is 0 Å². The molecular formula is C30H41N7O4S. The summed E-state index contributed by atoms with van der Waals surface area (Å²) in [5.74, 6) is -1.96. The number of amides is 2. The predicted octanol–water partition coefficient (Wildman–Crippen LogP) is 0.532. The van der Waals surface area contributed by atoms with Gasteiger partial charge in [-0.15, -0.1) is 0 Å². The van der Waals surface area contributed by atoms with Gasteiger partial charge in [0.2, 0.25) is 17.6 Å². The Hall–Kier alpha value is -4.16. The van der Waals surface area contributed by atoms with E-state index in [2.05, 4.69) is 20.9 Å². The molecule has 9 N–H and O–H groups in total. The summed E-state index contributed by atoms with van der Waals surface area (Å²) >= 11 is 5.33. The first kappa shape index (κ1) is 34.0. The quantitative estimate of drug-likeness (QED) is 0.0497. The molecule has 0 aliphatic rings. The van der Waals surface area contributed by atoms with Gasteiger partial charge in [-0.25, -0.2) is 0 Å². The van der Waals surface area contributed by atoms with Crippen molar-refractivity contribution in [2.24, 2.45) is 28.1 Å². The minimum absolute atomic E-state index is 0.0849. The maximum atomic E-state index is 13.4. The van der Waals surface area contributed by atoms with Crippen molar-refractivity contribution in [1.29, 1.82) is 0 Å². The van der Waals surface area contributed by atoms with Crippen molar-refractivity contribution in [1.82, 2.24) is 16.0 Å². The standard InChI is InChI=1S/C30H41N7O4S/c1-19(2)25(28(41)35-22(18-38)16-20-10-5-3-6-11-20)37-27(40)24(14-9-15-34-30(32)33)36-29(42)26(39)23(31)17-21-12-7-4-8-13-21/h3-8,10-13,18-19,22-25H,9,14-17,31H2,1-2H3,(H,35,41)(H,36,42)(H,37,40)(H4,32,33,34)/t22-,23-,24-,25-/m0/s1. The number of hydrogen-bond donors (Lipinski definition) is 6. The van der Waals surface area contributed by atoms with Crippen molar-refractivity contribution in [2.45, 2.75) is 63.7 Å². The number of thiocarbonyl (C=S) groups is 1. The minimum atomic E-state index is -0.972. The summed E-state index contributed by atoms with van der Waals surface area (Å²) in [4.78, 5) is 55.1. The fourth-order valence-electron chi connectivity index (χ4n) is 4.19. The summed E-state index contributed by atoms with van der Waals surface area (Å²) in [6.45, 7) is 3.79. The number of Topliss-reactive ketones (excluding diaryl/α,β-unsaturated/α-hetero) is 1. The number of carbonyl (C=O) groups is 4. The number of aliphatic imine (C=N–C) groups is 1. The molecule has 0 fully saturated rings. The third kappa shape index (κ3) is 11.8. The molecule has 0 heterocycles. The summed E-state index contributed by atoms with van der Waals surface area (Å²) in [5, 5.41) is 8.30. The molecule has 4 atom stereocenters. The molecule has 42 heavy (non-hydrogen) atoms. The SMILES string of the molecule is CC(C)[C@H](NC(=O)[C@H](CCCN=C(N)N)NC(=S)C(=O)[C@@H](N)Cc1ccccc1)C(=O)N[C@H](C=O)Cc1ccccc1. The lowest BCUT2D eigenvalue weighted by Gasteiger charge is -2.27. The molecule has 2 aromatic carbocycles. The van der Waals surface area contributed by atoms with Crippen molar-refractivity contribution in [2.75, 3.05) is 6.54 Å². The maximum Gasteiger partial charge on any atom is 0.243 e. The highest BCUT2D eigenvalue weighted by Gasteiger charge is 2.30. The van der Waals surface area contributed by atoms with Gasteiger partial charge in [0.1, 0.15) is 23.4 Å². The number of nitrogens with zero attached hydrogens (tertiary/aromatic N) is 1. The Morgan fingerprint density at radius 2 is 1.45 bits per heavy atom. The fourth-order valence-corrected chi connectivity index (χ4v) is 4.49. The highest BCUT2D eigenvalue weighted by molar-refractivity contribution is 7.82. The van der Waals surface area contributed by atoms with E-state index in [0.29, 0.717) is 19.1 Å². The molecule has 0 aromatic heterocycles. The average molecular weight is 596 g/mol. The molecule has 2 rings (SSSR count). The van der Waals surface area contributed by atoms with Crippen LogP contribution >= 0.6 is 12.2 Å². The van der Waals surface area contributed by atoms with E-state index in [0.717, 1.165) is 11.1 Å². The van der Waals surface area contributed by atoms with Crippen LogP contribution < -0.4 is 33.2 Å². The lowest BCUT2D eigenvalue weighted by atomic mass is 10.0. The third-order valence-electron chi connectivity index (χ3n) is 6.46. The van der Waals surface area contributed by atoms with Crippen LogP contribution in [0.3, 0.4) is 0 Å². The Balaban J connectivity index is 2.11. The molecule has 0 aliphatic heterocycles. The molecular weight excluding hydrogens is 554 g/mol. The smallest absolute Gasteiger partial charge is 0.243 e. The lowest BCUT2D eigenvalue weighted by molar-refractivity contribution is -0.132. The number of hydrogen-bond acceptors (Lipinski definition) is 7. The van der Waals surface area contributed by atoms with Gasteiger partial charge in [-0.05, 0) is 42.7 Å². The van der Waals surface area contributed by atoms with Crippen LogP contribution in [0.25, 0.3) is 0 Å². The van der Waals surface area contributed by atoms with E-state index in [1.165, 1.54) is 0 Å². The molecule has 2 aromatic rings. The zero-order chi connectivity index (χ0) is 31.1. The number of guanidine groups is 1. The number of benzene rings is 2. The maximum absolute atomic E-state index is 13.4. The van der Waals surface area contributed by atoms with Crippen molar-refractivity contribution in [3.05, 3.63) is 71.8 Å². The number of rotatable bonds is 17. The van der Waals surface area contributed by atoms with Crippen LogP contribution in [0.15, 0.2) is 65.7 Å². The molecule has 0 bridgehead atoms. The summed E-state index contributed by atoms with van der Waals surface area (Å²) in [6.07, 6.45) is 1.85. The Labute approximate surface area is 252 Å². The van der Waals surface area contributed by atoms with Crippen molar-refractivity contribution in [3.8, 4) is 0 Å². The van der Waals surface area contributed by atoms with Crippen LogP contribution in [0.1, 0.15) is 37.8 Å². The van der Waals surface area contributed by atoms with Gasteiger partial charge in [0, 0.05) is 6.54 Å². The summed E-state index contributed by atoms with van der Waals surface area (Å²) in [7, 11) is 0. The van der Waals surface area contributed by atoms with Gasteiger partial charge in [-0.1, -0.05) is 86.7 Å². The Bertz CT molecular complexity index is 1220. The topological polar surface area (TPSA) is 195 Å². The van der Waals surface area contributed by atoms with Gasteiger partial charge in [0.15, 0.2) is 5.96 Å². The normalized spacial score (nSPS) is 13.6. The summed E-state index contributed by atoms with van der Waals surface area (Å²) in [6, 6.07) is 14.9. The van der Waals surface area contributed by atoms with E-state index in [9.17, 15) is 19.2 Å². The number of aldehydes is 1. The molecule has 0 unspecified atom stereocenters. The zero-order valence-electron chi connectivity index (χ0n) is 24.0. The largest absolute Gasteiger partial charge is 0.370 e. The van der Waals surface area contributed by atoms with E-state index in [-0.39, 0.29) is 36.3 Å². The van der Waals surface area contributed by atoms with Crippen molar-refractivity contribution < 1.29 is 19.2 Å². The molecule has 0 saturated carbocycles. The Morgan fingerprint density at radius 3 is 1.98 bits per heavy atom. The second-order valence-corrected chi connectivity index (χ2v) is 10.7. The molecule has 0 radical (unpaired) electrons. The molecule has 0 spiro atoms. The van der Waals surface area contributed by atoms with Crippen molar-refractivity contribution >= 4 is 47.0 Å². The first-order valence-corrected chi connectivity index (χ1v) is 14.2. The number of ketones is 1. The summed E-state index contributed by atoms with van der Waals surface area (Å²) < 4.78 is 0. The first-order chi connectivity index (χ1) is 20.0. The van der Waals surface area contributed by atoms with Gasteiger partial charge in [-0.3, -0.25) is 19.4 Å². The lowest BCUT2D eigenvalue weighted by Crippen LogP contribution is -2.57. The molecule has 2 amide bonds. The van der Waals surface area contributed by atoms with E-state index in [1.54, 1.807) is 13.8 Å². The summed E-state index contributed by atoms with van der Waals surface area (Å²) in [5.41, 5.74) is 18.7. The highest BCUT2D eigenvalue weighted by atomic mass is 32.1. The van der Waals surface area contributed by atoms with Gasteiger partial charge in [-0.2, -0.15) is 0 Å². The molecule has 0 saturated heterocycles. The van der Waals surface area contributed by atoms with Gasteiger partial charge >= 0.3 is 0 Å². The molecule has 226 valence electrons. The van der Waals surface area contributed by atoms with E-state index < -0.39 is 41.8 Å². The predicted molar refractivity (Wildman–Crippen MR) is 167 cm³/mol.